The van der Waals surface area contributed by atoms with Gasteiger partial charge >= 0.3 is 0 Å². The number of nitrogens with one attached hydrogen (secondary N) is 1. The Labute approximate surface area is 111 Å². The molecule has 2 rings (SSSR count). The van der Waals surface area contributed by atoms with Crippen molar-refractivity contribution in [3.8, 4) is 0 Å². The summed E-state index contributed by atoms with van der Waals surface area (Å²) in [5.74, 6) is 0.752. The first-order valence-electron chi connectivity index (χ1n) is 7.31. The Kier molecular flexibility index (Phi) is 4.28. The Hall–Kier alpha value is -0.610. The fourth-order valence-corrected chi connectivity index (χ4v) is 3.18. The number of hydrogen-bond donors (Lipinski definition) is 1. The molecule has 3 unspecified atom stereocenters. The zero-order valence-electron chi connectivity index (χ0n) is 12.1. The van der Waals surface area contributed by atoms with Crippen LogP contribution in [0, 0.1) is 5.92 Å². The molecule has 0 spiro atoms. The van der Waals surface area contributed by atoms with Crippen molar-refractivity contribution in [3.05, 3.63) is 0 Å². The van der Waals surface area contributed by atoms with E-state index < -0.39 is 0 Å². The van der Waals surface area contributed by atoms with Crippen LogP contribution in [0.25, 0.3) is 0 Å². The summed E-state index contributed by atoms with van der Waals surface area (Å²) in [7, 11) is 2.16. The Balaban J connectivity index is 2.02. The third-order valence-electron chi connectivity index (χ3n) is 4.65. The summed E-state index contributed by atoms with van der Waals surface area (Å²) in [5.41, 5.74) is 0. The average molecular weight is 253 g/mol. The lowest BCUT2D eigenvalue weighted by atomic mass is 9.98. The first-order valence-corrected chi connectivity index (χ1v) is 7.31. The lowest BCUT2D eigenvalue weighted by molar-refractivity contribution is -0.133. The maximum atomic E-state index is 12.5. The fraction of sp³-hybridized carbons (Fsp3) is 0.929. The third kappa shape index (κ3) is 2.54. The van der Waals surface area contributed by atoms with Gasteiger partial charge in [0.1, 0.15) is 0 Å². The smallest absolute Gasteiger partial charge is 0.241 e. The summed E-state index contributed by atoms with van der Waals surface area (Å²) in [5, 5.41) is 3.48. The van der Waals surface area contributed by atoms with Crippen molar-refractivity contribution in [1.82, 2.24) is 15.1 Å². The Morgan fingerprint density at radius 1 is 1.39 bits per heavy atom. The summed E-state index contributed by atoms with van der Waals surface area (Å²) in [6.07, 6.45) is 3.48. The second kappa shape index (κ2) is 5.57. The standard InChI is InChI=1S/C14H27N3O/c1-5-10(2)13-14(18)17(11(3)15-13)12-6-8-16(4)9-7-12/h10-13,15H,5-9H2,1-4H3. The topological polar surface area (TPSA) is 35.6 Å². The van der Waals surface area contributed by atoms with Gasteiger partial charge in [0.25, 0.3) is 0 Å². The number of amides is 1. The van der Waals surface area contributed by atoms with Crippen LogP contribution in [0.4, 0.5) is 0 Å². The van der Waals surface area contributed by atoms with E-state index in [1.54, 1.807) is 0 Å². The molecular formula is C14H27N3O. The van der Waals surface area contributed by atoms with E-state index in [2.05, 4.69) is 42.9 Å². The highest BCUT2D eigenvalue weighted by molar-refractivity contribution is 5.84. The second-order valence-electron chi connectivity index (χ2n) is 5.99. The highest BCUT2D eigenvalue weighted by Crippen LogP contribution is 2.25. The van der Waals surface area contributed by atoms with Crippen molar-refractivity contribution < 1.29 is 4.79 Å². The van der Waals surface area contributed by atoms with Crippen molar-refractivity contribution in [3.63, 3.8) is 0 Å². The third-order valence-corrected chi connectivity index (χ3v) is 4.65. The van der Waals surface area contributed by atoms with Gasteiger partial charge in [0.05, 0.1) is 12.2 Å². The molecular weight excluding hydrogens is 226 g/mol. The monoisotopic (exact) mass is 253 g/mol. The highest BCUT2D eigenvalue weighted by Gasteiger charge is 2.42. The quantitative estimate of drug-likeness (QED) is 0.823. The normalized spacial score (nSPS) is 33.1. The second-order valence-corrected chi connectivity index (χ2v) is 5.99. The molecule has 4 nitrogen and oxygen atoms in total. The molecule has 1 N–H and O–H groups in total. The van der Waals surface area contributed by atoms with Crippen molar-refractivity contribution in [2.24, 2.45) is 5.92 Å². The van der Waals surface area contributed by atoms with Crippen LogP contribution in [0.15, 0.2) is 0 Å². The van der Waals surface area contributed by atoms with Gasteiger partial charge in [-0.3, -0.25) is 10.1 Å². The van der Waals surface area contributed by atoms with Crippen LogP contribution in [0.3, 0.4) is 0 Å². The molecule has 2 saturated heterocycles. The van der Waals surface area contributed by atoms with E-state index in [0.29, 0.717) is 17.9 Å². The molecule has 0 aromatic carbocycles. The zero-order valence-corrected chi connectivity index (χ0v) is 12.1. The molecule has 0 aromatic rings. The molecule has 2 aliphatic heterocycles. The predicted octanol–water partition coefficient (Wildman–Crippen LogP) is 1.27. The largest absolute Gasteiger partial charge is 0.323 e. The van der Waals surface area contributed by atoms with E-state index in [0.717, 1.165) is 32.4 Å². The van der Waals surface area contributed by atoms with Crippen LogP contribution in [0.1, 0.15) is 40.0 Å². The molecule has 0 radical (unpaired) electrons. The maximum Gasteiger partial charge on any atom is 0.241 e. The van der Waals surface area contributed by atoms with Crippen LogP contribution in [0.5, 0.6) is 0 Å². The number of likely N-dealkylation sites (tertiary alicyclic amines) is 1. The summed E-state index contributed by atoms with van der Waals surface area (Å²) in [6, 6.07) is 0.468. The maximum absolute atomic E-state index is 12.5. The van der Waals surface area contributed by atoms with Gasteiger partial charge in [-0.1, -0.05) is 20.3 Å². The number of carbonyl (C=O) groups excluding carboxylic acids is 1. The van der Waals surface area contributed by atoms with Gasteiger partial charge < -0.3 is 9.80 Å². The van der Waals surface area contributed by atoms with Gasteiger partial charge in [0.2, 0.25) is 5.91 Å². The molecule has 2 fully saturated rings. The lowest BCUT2D eigenvalue weighted by Gasteiger charge is -2.37. The summed E-state index contributed by atoms with van der Waals surface area (Å²) < 4.78 is 0. The molecule has 2 heterocycles. The van der Waals surface area contributed by atoms with E-state index >= 15 is 0 Å². The Morgan fingerprint density at radius 3 is 2.56 bits per heavy atom. The SMILES string of the molecule is CCC(C)C1NC(C)N(C2CCN(C)CC2)C1=O. The van der Waals surface area contributed by atoms with E-state index in [1.165, 1.54) is 0 Å². The molecule has 1 amide bonds. The number of carbonyl (C=O) groups is 1. The average Bonchev–Trinajstić information content (AvgIpc) is 2.65. The number of nitrogens with zero attached hydrogens (tertiary/aromatic N) is 2. The molecule has 0 aromatic heterocycles. The number of rotatable bonds is 3. The van der Waals surface area contributed by atoms with E-state index in [9.17, 15) is 4.79 Å². The molecule has 2 aliphatic rings. The zero-order chi connectivity index (χ0) is 13.3. The van der Waals surface area contributed by atoms with Crippen LogP contribution in [0.2, 0.25) is 0 Å². The molecule has 0 bridgehead atoms. The summed E-state index contributed by atoms with van der Waals surface area (Å²) in [4.78, 5) is 17.0. The first-order chi connectivity index (χ1) is 8.54. The predicted molar refractivity (Wildman–Crippen MR) is 73.2 cm³/mol. The Bertz CT molecular complexity index is 299. The van der Waals surface area contributed by atoms with Gasteiger partial charge in [0.15, 0.2) is 0 Å². The minimum atomic E-state index is 0.0321. The lowest BCUT2D eigenvalue weighted by Crippen LogP contribution is -2.48. The fourth-order valence-electron chi connectivity index (χ4n) is 3.18. The van der Waals surface area contributed by atoms with Crippen molar-refractivity contribution in [1.29, 1.82) is 0 Å². The molecule has 3 atom stereocenters. The van der Waals surface area contributed by atoms with Crippen LogP contribution < -0.4 is 5.32 Å². The minimum absolute atomic E-state index is 0.0321. The van der Waals surface area contributed by atoms with Crippen LogP contribution >= 0.6 is 0 Å². The van der Waals surface area contributed by atoms with Crippen molar-refractivity contribution in [2.75, 3.05) is 20.1 Å². The molecule has 18 heavy (non-hydrogen) atoms. The summed E-state index contributed by atoms with van der Waals surface area (Å²) in [6.45, 7) is 8.66. The van der Waals surface area contributed by atoms with E-state index in [-0.39, 0.29) is 12.2 Å². The molecule has 104 valence electrons. The van der Waals surface area contributed by atoms with Crippen molar-refractivity contribution in [2.45, 2.75) is 58.3 Å². The van der Waals surface area contributed by atoms with Gasteiger partial charge in [-0.05, 0) is 45.8 Å². The summed E-state index contributed by atoms with van der Waals surface area (Å²) >= 11 is 0. The van der Waals surface area contributed by atoms with Gasteiger partial charge in [-0.2, -0.15) is 0 Å². The molecule has 4 heteroatoms. The van der Waals surface area contributed by atoms with Crippen LogP contribution in [-0.4, -0.2) is 54.1 Å². The highest BCUT2D eigenvalue weighted by atomic mass is 16.2. The minimum Gasteiger partial charge on any atom is -0.323 e. The van der Waals surface area contributed by atoms with Gasteiger partial charge in [0, 0.05) is 6.04 Å². The Morgan fingerprint density at radius 2 is 2.00 bits per heavy atom. The number of hydrogen-bond acceptors (Lipinski definition) is 3. The molecule has 0 saturated carbocycles. The van der Waals surface area contributed by atoms with E-state index in [4.69, 9.17) is 0 Å². The van der Waals surface area contributed by atoms with E-state index in [1.807, 2.05) is 0 Å². The number of piperidine rings is 1. The first kappa shape index (κ1) is 13.8. The van der Waals surface area contributed by atoms with Gasteiger partial charge in [-0.15, -0.1) is 0 Å². The van der Waals surface area contributed by atoms with Gasteiger partial charge in [-0.25, -0.2) is 0 Å². The van der Waals surface area contributed by atoms with Crippen LogP contribution in [-0.2, 0) is 4.79 Å². The van der Waals surface area contributed by atoms with Crippen molar-refractivity contribution >= 4 is 5.91 Å². The molecule has 0 aliphatic carbocycles.